The van der Waals surface area contributed by atoms with Crippen molar-refractivity contribution in [2.24, 2.45) is 17.6 Å². The molecule has 5 N–H and O–H groups in total. The van der Waals surface area contributed by atoms with Crippen LogP contribution in [0.4, 0.5) is 4.79 Å². The molecular weight excluding hydrogens is 520 g/mol. The molecule has 0 unspecified atom stereocenters. The Morgan fingerprint density at radius 1 is 1.15 bits per heavy atom. The lowest BCUT2D eigenvalue weighted by Crippen LogP contribution is -2.37. The highest BCUT2D eigenvalue weighted by Gasteiger charge is 2.33. The van der Waals surface area contributed by atoms with Crippen LogP contribution in [0.2, 0.25) is 0 Å². The number of carbonyl (C=O) groups is 4. The van der Waals surface area contributed by atoms with Gasteiger partial charge in [-0.15, -0.1) is 0 Å². The molecule has 2 amide bonds. The lowest BCUT2D eigenvalue weighted by atomic mass is 9.83. The molecule has 0 saturated carbocycles. The molecule has 0 aromatic carbocycles. The maximum absolute atomic E-state index is 13.3. The third-order valence-electron chi connectivity index (χ3n) is 7.07. The number of aliphatic hydroxyl groups excluding tert-OH is 2. The summed E-state index contributed by atoms with van der Waals surface area (Å²) >= 11 is 0. The van der Waals surface area contributed by atoms with Crippen LogP contribution in [-0.2, 0) is 28.6 Å². The number of nitrogens with one attached hydrogen (secondary N) is 1. The van der Waals surface area contributed by atoms with E-state index in [4.69, 9.17) is 19.9 Å². The standard InChI is InChI=1S/C29H40N2O9/c1-15-10-19-20(14-32)22(33)13-21(26(19)35)31-28(36)16(2)8-7-9-23(38-5)27(40-29(30)37)18(4)12-17(3)25(34)24(11-15)39-6/h7-9,12-13,15,17,23-25,27,32,34H,10-11,14H2,1-6H3,(H2,30,37)(H,31,36)/b9-7-,16-8+,18-12+/t15-,17+,23+,24+,25+,27+/m1/s1. The van der Waals surface area contributed by atoms with Crippen LogP contribution >= 0.6 is 0 Å². The van der Waals surface area contributed by atoms with Crippen molar-refractivity contribution in [1.29, 1.82) is 0 Å². The summed E-state index contributed by atoms with van der Waals surface area (Å²) in [5, 5.41) is 23.5. The highest BCUT2D eigenvalue weighted by atomic mass is 16.6. The average Bonchev–Trinajstić information content (AvgIpc) is 2.90. The Bertz CT molecular complexity index is 1150. The van der Waals surface area contributed by atoms with Crippen LogP contribution in [0.1, 0.15) is 40.5 Å². The number of carbonyl (C=O) groups excluding carboxylic acids is 4. The second-order valence-corrected chi connectivity index (χ2v) is 10.2. The first-order chi connectivity index (χ1) is 18.8. The smallest absolute Gasteiger partial charge is 0.405 e. The van der Waals surface area contributed by atoms with Gasteiger partial charge in [0.05, 0.1) is 24.5 Å². The van der Waals surface area contributed by atoms with Gasteiger partial charge in [-0.3, -0.25) is 14.4 Å². The third-order valence-corrected chi connectivity index (χ3v) is 7.07. The molecule has 2 bridgehead atoms. The highest BCUT2D eigenvalue weighted by molar-refractivity contribution is 6.23. The van der Waals surface area contributed by atoms with Crippen molar-refractivity contribution < 1.29 is 43.6 Å². The molecule has 0 aromatic rings. The van der Waals surface area contributed by atoms with E-state index in [1.54, 1.807) is 26.0 Å². The number of rotatable bonds is 4. The molecule has 0 spiro atoms. The molecule has 2 rings (SSSR count). The number of fused-ring (bicyclic) bond motifs is 2. The number of ether oxygens (including phenoxy) is 3. The van der Waals surface area contributed by atoms with Crippen LogP contribution < -0.4 is 11.1 Å². The molecule has 6 atom stereocenters. The number of allylic oxidation sites excluding steroid dienone is 4. The molecular formula is C29H40N2O9. The number of Topliss-reactive ketones (excluding diaryl/α,β-unsaturated/α-hetero) is 1. The van der Waals surface area contributed by atoms with Crippen LogP contribution in [0.3, 0.4) is 0 Å². The van der Waals surface area contributed by atoms with Gasteiger partial charge in [-0.25, -0.2) is 4.79 Å². The zero-order valence-corrected chi connectivity index (χ0v) is 23.8. The number of aliphatic hydroxyl groups is 2. The number of primary amides is 1. The van der Waals surface area contributed by atoms with Gasteiger partial charge in [0.1, 0.15) is 6.10 Å². The largest absolute Gasteiger partial charge is 0.439 e. The molecule has 40 heavy (non-hydrogen) atoms. The maximum Gasteiger partial charge on any atom is 0.405 e. The summed E-state index contributed by atoms with van der Waals surface area (Å²) < 4.78 is 16.4. The zero-order chi connectivity index (χ0) is 30.1. The molecule has 220 valence electrons. The number of amides is 2. The maximum atomic E-state index is 13.3. The predicted molar refractivity (Wildman–Crippen MR) is 147 cm³/mol. The van der Waals surface area contributed by atoms with Gasteiger partial charge < -0.3 is 35.5 Å². The monoisotopic (exact) mass is 560 g/mol. The Hall–Kier alpha value is -3.38. The summed E-state index contributed by atoms with van der Waals surface area (Å²) in [5.41, 5.74) is 6.00. The second-order valence-electron chi connectivity index (χ2n) is 10.2. The molecule has 1 aliphatic heterocycles. The third kappa shape index (κ3) is 8.31. The van der Waals surface area contributed by atoms with Crippen molar-refractivity contribution in [3.05, 3.63) is 58.4 Å². The first-order valence-corrected chi connectivity index (χ1v) is 13.0. The van der Waals surface area contributed by atoms with Crippen molar-refractivity contribution in [2.75, 3.05) is 20.8 Å². The Balaban J connectivity index is 2.60. The van der Waals surface area contributed by atoms with E-state index < -0.39 is 60.5 Å². The van der Waals surface area contributed by atoms with Gasteiger partial charge in [-0.05, 0) is 38.2 Å². The minimum Gasteiger partial charge on any atom is -0.439 e. The first-order valence-electron chi connectivity index (χ1n) is 13.0. The summed E-state index contributed by atoms with van der Waals surface area (Å²) in [6.45, 7) is 6.23. The van der Waals surface area contributed by atoms with E-state index >= 15 is 0 Å². The molecule has 11 heteroatoms. The van der Waals surface area contributed by atoms with Crippen LogP contribution in [0.15, 0.2) is 58.4 Å². The first kappa shape index (κ1) is 32.8. The normalized spacial score (nSPS) is 32.8. The number of ketones is 2. The number of methoxy groups -OCH3 is 2. The van der Waals surface area contributed by atoms with Crippen molar-refractivity contribution in [3.8, 4) is 0 Å². The highest BCUT2D eigenvalue weighted by Crippen LogP contribution is 2.29. The summed E-state index contributed by atoms with van der Waals surface area (Å²) in [7, 11) is 2.88. The molecule has 0 aromatic heterocycles. The van der Waals surface area contributed by atoms with Gasteiger partial charge in [0, 0.05) is 42.9 Å². The second kappa shape index (κ2) is 14.8. The quantitative estimate of drug-likeness (QED) is 0.295. The molecule has 2 aliphatic rings. The molecule has 1 aliphatic carbocycles. The van der Waals surface area contributed by atoms with Gasteiger partial charge in [-0.1, -0.05) is 38.2 Å². The van der Waals surface area contributed by atoms with E-state index in [2.05, 4.69) is 5.32 Å². The van der Waals surface area contributed by atoms with Crippen molar-refractivity contribution in [1.82, 2.24) is 5.32 Å². The lowest BCUT2D eigenvalue weighted by Gasteiger charge is -2.30. The van der Waals surface area contributed by atoms with E-state index in [0.717, 1.165) is 6.08 Å². The number of nitrogens with two attached hydrogens (primary N) is 1. The summed E-state index contributed by atoms with van der Waals surface area (Å²) in [6.07, 6.45) is 3.40. The van der Waals surface area contributed by atoms with E-state index in [1.807, 2.05) is 6.92 Å². The topological polar surface area (TPSA) is 174 Å². The Morgan fingerprint density at radius 3 is 2.40 bits per heavy atom. The van der Waals surface area contributed by atoms with Gasteiger partial charge in [0.15, 0.2) is 11.9 Å². The lowest BCUT2D eigenvalue weighted by molar-refractivity contribution is -0.120. The Morgan fingerprint density at radius 2 is 1.82 bits per heavy atom. The molecule has 11 nitrogen and oxygen atoms in total. The summed E-state index contributed by atoms with van der Waals surface area (Å²) in [5.74, 6) is -2.44. The molecule has 0 saturated heterocycles. The molecule has 1 heterocycles. The van der Waals surface area contributed by atoms with E-state index in [1.165, 1.54) is 33.3 Å². The van der Waals surface area contributed by atoms with Gasteiger partial charge in [0.25, 0.3) is 5.91 Å². The summed E-state index contributed by atoms with van der Waals surface area (Å²) in [4.78, 5) is 50.5. The van der Waals surface area contributed by atoms with Crippen LogP contribution in [-0.4, -0.2) is 79.0 Å². The van der Waals surface area contributed by atoms with Crippen LogP contribution in [0, 0.1) is 11.8 Å². The average molecular weight is 561 g/mol. The van der Waals surface area contributed by atoms with Crippen molar-refractivity contribution >= 4 is 23.6 Å². The van der Waals surface area contributed by atoms with Crippen molar-refractivity contribution in [2.45, 2.75) is 65.0 Å². The van der Waals surface area contributed by atoms with Gasteiger partial charge in [-0.2, -0.15) is 0 Å². The number of hydrogen-bond acceptors (Lipinski definition) is 9. The Kier molecular flexibility index (Phi) is 12.2. The summed E-state index contributed by atoms with van der Waals surface area (Å²) in [6, 6.07) is 0. The fourth-order valence-corrected chi connectivity index (χ4v) is 4.82. The van der Waals surface area contributed by atoms with E-state index in [0.29, 0.717) is 12.0 Å². The van der Waals surface area contributed by atoms with Crippen LogP contribution in [0.5, 0.6) is 0 Å². The Labute approximate surface area is 234 Å². The fraction of sp³-hybridized carbons (Fsp3) is 0.517. The fourth-order valence-electron chi connectivity index (χ4n) is 4.82. The van der Waals surface area contributed by atoms with Gasteiger partial charge in [0.2, 0.25) is 5.78 Å². The number of hydrogen-bond donors (Lipinski definition) is 4. The SMILES string of the molecule is CO[C@H]1/C=C\C=C(/C)C(=O)NC2=CC(=O)C(CO)=C(C[C@@H](C)C[C@H](OC)[C@@H](O)[C@@H](C)/C=C(\C)[C@@H]1OC(N)=O)C2=O. The molecule has 0 fully saturated rings. The minimum atomic E-state index is -1.01. The van der Waals surface area contributed by atoms with Crippen LogP contribution in [0.25, 0.3) is 0 Å². The van der Waals surface area contributed by atoms with Crippen molar-refractivity contribution in [3.63, 3.8) is 0 Å². The van der Waals surface area contributed by atoms with E-state index in [9.17, 15) is 29.4 Å². The van der Waals surface area contributed by atoms with E-state index in [-0.39, 0.29) is 34.8 Å². The predicted octanol–water partition coefficient (Wildman–Crippen LogP) is 1.80. The van der Waals surface area contributed by atoms with Gasteiger partial charge >= 0.3 is 6.09 Å². The minimum absolute atomic E-state index is 0.0246. The zero-order valence-electron chi connectivity index (χ0n) is 23.8. The molecule has 0 radical (unpaired) electrons.